The van der Waals surface area contributed by atoms with Gasteiger partial charge in [0, 0.05) is 19.2 Å². The summed E-state index contributed by atoms with van der Waals surface area (Å²) in [6.45, 7) is 12.9. The van der Waals surface area contributed by atoms with Gasteiger partial charge in [0.25, 0.3) is 0 Å². The maximum Gasteiger partial charge on any atom is 0.0750 e. The molecule has 0 spiro atoms. The van der Waals surface area contributed by atoms with Crippen molar-refractivity contribution in [1.29, 1.82) is 0 Å². The van der Waals surface area contributed by atoms with Gasteiger partial charge in [-0.3, -0.25) is 0 Å². The largest absolute Gasteiger partial charge is 0.375 e. The topological polar surface area (TPSA) is 21.3 Å². The van der Waals surface area contributed by atoms with Gasteiger partial charge in [-0.05, 0) is 45.4 Å². The molecule has 1 saturated carbocycles. The maximum absolute atomic E-state index is 5.73. The fraction of sp³-hybridized carbons (Fsp3) is 1.00. The Morgan fingerprint density at radius 2 is 1.75 bits per heavy atom. The maximum atomic E-state index is 5.73. The van der Waals surface area contributed by atoms with E-state index in [4.69, 9.17) is 4.74 Å². The zero-order chi connectivity index (χ0) is 12.2. The summed E-state index contributed by atoms with van der Waals surface area (Å²) in [4.78, 5) is 0. The molecular formula is C14H29NO. The molecule has 16 heavy (non-hydrogen) atoms. The molecule has 0 radical (unpaired) electrons. The molecule has 2 unspecified atom stereocenters. The van der Waals surface area contributed by atoms with Crippen molar-refractivity contribution in [2.45, 2.75) is 65.5 Å². The zero-order valence-corrected chi connectivity index (χ0v) is 11.7. The molecule has 0 saturated heterocycles. The first-order chi connectivity index (χ1) is 7.46. The van der Waals surface area contributed by atoms with Crippen molar-refractivity contribution in [2.75, 3.05) is 13.2 Å². The molecule has 2 heteroatoms. The molecule has 1 aliphatic carbocycles. The first-order valence-electron chi connectivity index (χ1n) is 6.83. The standard InChI is InChI=1S/C14H29NO/c1-6-16-14(4,5)10-15-13-11(2)8-7-9-12(13)3/h11-13,15H,6-10H2,1-5H3. The van der Waals surface area contributed by atoms with Gasteiger partial charge in [0.2, 0.25) is 0 Å². The molecule has 0 aromatic rings. The van der Waals surface area contributed by atoms with Gasteiger partial charge in [0.05, 0.1) is 5.60 Å². The molecule has 0 aromatic heterocycles. The minimum atomic E-state index is -0.0361. The van der Waals surface area contributed by atoms with Crippen LogP contribution in [0.1, 0.15) is 53.9 Å². The lowest BCUT2D eigenvalue weighted by Crippen LogP contribution is -2.48. The zero-order valence-electron chi connectivity index (χ0n) is 11.7. The second kappa shape index (κ2) is 6.02. The Kier molecular flexibility index (Phi) is 5.26. The van der Waals surface area contributed by atoms with E-state index in [1.54, 1.807) is 0 Å². The first kappa shape index (κ1) is 14.0. The molecular weight excluding hydrogens is 198 g/mol. The van der Waals surface area contributed by atoms with Crippen molar-refractivity contribution in [3.8, 4) is 0 Å². The molecule has 1 rings (SSSR count). The molecule has 1 N–H and O–H groups in total. The van der Waals surface area contributed by atoms with Gasteiger partial charge in [-0.2, -0.15) is 0 Å². The lowest BCUT2D eigenvalue weighted by molar-refractivity contribution is -0.0143. The van der Waals surface area contributed by atoms with Gasteiger partial charge >= 0.3 is 0 Å². The van der Waals surface area contributed by atoms with Crippen molar-refractivity contribution in [3.05, 3.63) is 0 Å². The minimum Gasteiger partial charge on any atom is -0.375 e. The van der Waals surface area contributed by atoms with Crippen LogP contribution in [0.3, 0.4) is 0 Å². The molecule has 0 bridgehead atoms. The van der Waals surface area contributed by atoms with E-state index in [-0.39, 0.29) is 5.60 Å². The summed E-state index contributed by atoms with van der Waals surface area (Å²) >= 11 is 0. The van der Waals surface area contributed by atoms with Crippen LogP contribution in [0.5, 0.6) is 0 Å². The Morgan fingerprint density at radius 1 is 1.19 bits per heavy atom. The molecule has 1 fully saturated rings. The van der Waals surface area contributed by atoms with Crippen molar-refractivity contribution in [3.63, 3.8) is 0 Å². The lowest BCUT2D eigenvalue weighted by atomic mass is 9.78. The third-order valence-corrected chi connectivity index (χ3v) is 3.84. The molecule has 96 valence electrons. The quantitative estimate of drug-likeness (QED) is 0.778. The second-order valence-electron chi connectivity index (χ2n) is 5.98. The van der Waals surface area contributed by atoms with E-state index in [1.165, 1.54) is 19.3 Å². The third kappa shape index (κ3) is 4.06. The Hall–Kier alpha value is -0.0800. The van der Waals surface area contributed by atoms with Crippen molar-refractivity contribution in [2.24, 2.45) is 11.8 Å². The highest BCUT2D eigenvalue weighted by Crippen LogP contribution is 2.29. The average Bonchev–Trinajstić information content (AvgIpc) is 2.16. The van der Waals surface area contributed by atoms with Crippen LogP contribution in [0, 0.1) is 11.8 Å². The Labute approximate surface area is 101 Å². The van der Waals surface area contributed by atoms with Gasteiger partial charge in [-0.1, -0.05) is 20.3 Å². The third-order valence-electron chi connectivity index (χ3n) is 3.84. The van der Waals surface area contributed by atoms with Crippen molar-refractivity contribution < 1.29 is 4.74 Å². The summed E-state index contributed by atoms with van der Waals surface area (Å²) in [6.07, 6.45) is 4.14. The van der Waals surface area contributed by atoms with E-state index < -0.39 is 0 Å². The number of ether oxygens (including phenoxy) is 1. The average molecular weight is 227 g/mol. The number of hydrogen-bond acceptors (Lipinski definition) is 2. The molecule has 2 atom stereocenters. The number of nitrogens with one attached hydrogen (secondary N) is 1. The fourth-order valence-corrected chi connectivity index (χ4v) is 2.89. The van der Waals surface area contributed by atoms with Gasteiger partial charge in [0.1, 0.15) is 0 Å². The van der Waals surface area contributed by atoms with E-state index in [0.717, 1.165) is 25.0 Å². The van der Waals surface area contributed by atoms with Gasteiger partial charge < -0.3 is 10.1 Å². The predicted molar refractivity (Wildman–Crippen MR) is 69.7 cm³/mol. The Bertz CT molecular complexity index is 193. The number of rotatable bonds is 5. The summed E-state index contributed by atoms with van der Waals surface area (Å²) in [5.74, 6) is 1.61. The van der Waals surface area contributed by atoms with Crippen molar-refractivity contribution >= 4 is 0 Å². The van der Waals surface area contributed by atoms with Crippen LogP contribution in [0.4, 0.5) is 0 Å². The summed E-state index contributed by atoms with van der Waals surface area (Å²) in [6, 6.07) is 0.675. The molecule has 2 nitrogen and oxygen atoms in total. The highest BCUT2D eigenvalue weighted by Gasteiger charge is 2.29. The monoisotopic (exact) mass is 227 g/mol. The summed E-state index contributed by atoms with van der Waals surface area (Å²) in [7, 11) is 0. The SMILES string of the molecule is CCOC(C)(C)CNC1C(C)CCCC1C. The highest BCUT2D eigenvalue weighted by molar-refractivity contribution is 4.85. The van der Waals surface area contributed by atoms with E-state index in [9.17, 15) is 0 Å². The van der Waals surface area contributed by atoms with Gasteiger partial charge in [-0.15, -0.1) is 0 Å². The van der Waals surface area contributed by atoms with Crippen LogP contribution >= 0.6 is 0 Å². The Balaban J connectivity index is 2.40. The van der Waals surface area contributed by atoms with Gasteiger partial charge in [0.15, 0.2) is 0 Å². The summed E-state index contributed by atoms with van der Waals surface area (Å²) in [5, 5.41) is 3.72. The molecule has 0 aromatic carbocycles. The van der Waals surface area contributed by atoms with Crippen LogP contribution in [0.25, 0.3) is 0 Å². The van der Waals surface area contributed by atoms with Crippen LogP contribution in [-0.4, -0.2) is 24.8 Å². The molecule has 0 heterocycles. The molecule has 0 amide bonds. The fourth-order valence-electron chi connectivity index (χ4n) is 2.89. The van der Waals surface area contributed by atoms with Crippen LogP contribution < -0.4 is 5.32 Å². The van der Waals surface area contributed by atoms with Gasteiger partial charge in [-0.25, -0.2) is 0 Å². The van der Waals surface area contributed by atoms with E-state index in [1.807, 2.05) is 0 Å². The Morgan fingerprint density at radius 3 is 2.25 bits per heavy atom. The number of hydrogen-bond donors (Lipinski definition) is 1. The van der Waals surface area contributed by atoms with Crippen LogP contribution in [0.15, 0.2) is 0 Å². The normalized spacial score (nSPS) is 31.7. The summed E-state index contributed by atoms with van der Waals surface area (Å²) < 4.78 is 5.73. The summed E-state index contributed by atoms with van der Waals surface area (Å²) in [5.41, 5.74) is -0.0361. The first-order valence-corrected chi connectivity index (χ1v) is 6.83. The lowest BCUT2D eigenvalue weighted by Gasteiger charge is -2.37. The van der Waals surface area contributed by atoms with E-state index >= 15 is 0 Å². The smallest absolute Gasteiger partial charge is 0.0750 e. The van der Waals surface area contributed by atoms with E-state index in [0.29, 0.717) is 6.04 Å². The predicted octanol–water partition coefficient (Wildman–Crippen LogP) is 3.22. The molecule has 0 aliphatic heterocycles. The minimum absolute atomic E-state index is 0.0361. The van der Waals surface area contributed by atoms with Crippen LogP contribution in [-0.2, 0) is 4.74 Å². The van der Waals surface area contributed by atoms with Crippen LogP contribution in [0.2, 0.25) is 0 Å². The highest BCUT2D eigenvalue weighted by atomic mass is 16.5. The van der Waals surface area contributed by atoms with E-state index in [2.05, 4.69) is 39.9 Å². The van der Waals surface area contributed by atoms with Crippen molar-refractivity contribution in [1.82, 2.24) is 5.32 Å². The second-order valence-corrected chi connectivity index (χ2v) is 5.98. The molecule has 1 aliphatic rings.